The molecule has 0 spiro atoms. The highest BCUT2D eigenvalue weighted by Crippen LogP contribution is 2.24. The molecule has 0 aliphatic heterocycles. The van der Waals surface area contributed by atoms with Gasteiger partial charge in [-0.25, -0.2) is 0 Å². The number of carbonyl (C=O) groups excluding carboxylic acids is 2. The van der Waals surface area contributed by atoms with Crippen LogP contribution in [-0.4, -0.2) is 23.3 Å². The summed E-state index contributed by atoms with van der Waals surface area (Å²) in [6, 6.07) is 12.9. The van der Waals surface area contributed by atoms with Crippen molar-refractivity contribution in [3.05, 3.63) is 60.6 Å². The van der Waals surface area contributed by atoms with Crippen LogP contribution in [0.1, 0.15) is 18.6 Å². The van der Waals surface area contributed by atoms with Crippen LogP contribution < -0.4 is 10.6 Å². The number of hydrogen-bond acceptors (Lipinski definition) is 4. The lowest BCUT2D eigenvalue weighted by atomic mass is 10.1. The fourth-order valence-corrected chi connectivity index (χ4v) is 2.31. The summed E-state index contributed by atoms with van der Waals surface area (Å²) in [5.74, 6) is -0.492. The van der Waals surface area contributed by atoms with Gasteiger partial charge in [-0.3, -0.25) is 14.6 Å². The van der Waals surface area contributed by atoms with Gasteiger partial charge >= 0.3 is 0 Å². The number of rotatable bonds is 5. The molecule has 2 amide bonds. The number of nitrogens with one attached hydrogen (secondary N) is 2. The van der Waals surface area contributed by atoms with E-state index in [0.29, 0.717) is 11.4 Å². The molecule has 24 heavy (non-hydrogen) atoms. The summed E-state index contributed by atoms with van der Waals surface area (Å²) in [7, 11) is 0. The molecule has 1 atom stereocenters. The maximum absolute atomic E-state index is 12.2. The highest BCUT2D eigenvalue weighted by molar-refractivity contribution is 5.95. The van der Waals surface area contributed by atoms with Gasteiger partial charge in [0, 0.05) is 11.6 Å². The second-order valence-electron chi connectivity index (χ2n) is 5.42. The highest BCUT2D eigenvalue weighted by atomic mass is 16.3. The Morgan fingerprint density at radius 1 is 1.21 bits per heavy atom. The van der Waals surface area contributed by atoms with E-state index < -0.39 is 5.92 Å². The smallest absolute Gasteiger partial charge is 0.243 e. The maximum atomic E-state index is 12.2. The molecule has 0 saturated heterocycles. The third kappa shape index (κ3) is 3.60. The molecule has 0 saturated carbocycles. The van der Waals surface area contributed by atoms with E-state index in [2.05, 4.69) is 15.6 Å². The summed E-state index contributed by atoms with van der Waals surface area (Å²) in [5.41, 5.74) is 1.32. The Morgan fingerprint density at radius 3 is 2.79 bits per heavy atom. The van der Waals surface area contributed by atoms with Crippen molar-refractivity contribution >= 4 is 28.5 Å². The molecular weight excluding hydrogens is 306 g/mol. The van der Waals surface area contributed by atoms with E-state index in [9.17, 15) is 9.59 Å². The molecule has 0 bridgehead atoms. The number of carbonyl (C=O) groups is 2. The predicted molar refractivity (Wildman–Crippen MR) is 90.5 cm³/mol. The first-order chi connectivity index (χ1) is 11.6. The molecule has 0 aliphatic carbocycles. The number of amides is 2. The Labute approximate surface area is 138 Å². The van der Waals surface area contributed by atoms with Crippen LogP contribution in [0.15, 0.2) is 59.3 Å². The topological polar surface area (TPSA) is 84.2 Å². The molecule has 0 radical (unpaired) electrons. The van der Waals surface area contributed by atoms with Crippen molar-refractivity contribution in [1.29, 1.82) is 0 Å². The van der Waals surface area contributed by atoms with E-state index in [-0.39, 0.29) is 18.4 Å². The Morgan fingerprint density at radius 2 is 2.04 bits per heavy atom. The molecular formula is C18H17N3O3. The van der Waals surface area contributed by atoms with Crippen LogP contribution in [0.4, 0.5) is 5.69 Å². The number of fused-ring (bicyclic) bond motifs is 1. The zero-order chi connectivity index (χ0) is 16.9. The zero-order valence-electron chi connectivity index (χ0n) is 13.2. The Balaban J connectivity index is 1.57. The maximum Gasteiger partial charge on any atom is 0.243 e. The SMILES string of the molecule is C[C@@H](C(=O)NCC(=O)Nc1cccnc1)c1cc2ccccc2o1. The lowest BCUT2D eigenvalue weighted by molar-refractivity contribution is -0.125. The first-order valence-electron chi connectivity index (χ1n) is 7.59. The van der Waals surface area contributed by atoms with Gasteiger partial charge in [0.15, 0.2) is 0 Å². The van der Waals surface area contributed by atoms with Gasteiger partial charge in [0.05, 0.1) is 24.3 Å². The van der Waals surface area contributed by atoms with E-state index in [4.69, 9.17) is 4.42 Å². The minimum atomic E-state index is -0.483. The van der Waals surface area contributed by atoms with Crippen LogP contribution >= 0.6 is 0 Å². The van der Waals surface area contributed by atoms with Crippen LogP contribution in [0.25, 0.3) is 11.0 Å². The van der Waals surface area contributed by atoms with E-state index in [1.807, 2.05) is 30.3 Å². The largest absolute Gasteiger partial charge is 0.460 e. The molecule has 2 N–H and O–H groups in total. The summed E-state index contributed by atoms with van der Waals surface area (Å²) in [4.78, 5) is 28.0. The number of aromatic nitrogens is 1. The third-order valence-corrected chi connectivity index (χ3v) is 3.63. The summed E-state index contributed by atoms with van der Waals surface area (Å²) in [6.07, 6.45) is 3.16. The summed E-state index contributed by atoms with van der Waals surface area (Å²) < 4.78 is 5.68. The van der Waals surface area contributed by atoms with Crippen molar-refractivity contribution in [2.45, 2.75) is 12.8 Å². The van der Waals surface area contributed by atoms with E-state index in [1.54, 1.807) is 25.3 Å². The second-order valence-corrected chi connectivity index (χ2v) is 5.42. The van der Waals surface area contributed by atoms with Gasteiger partial charge in [-0.2, -0.15) is 0 Å². The van der Waals surface area contributed by atoms with Crippen molar-refractivity contribution < 1.29 is 14.0 Å². The Kier molecular flexibility index (Phi) is 4.56. The summed E-state index contributed by atoms with van der Waals surface area (Å²) in [6.45, 7) is 1.63. The Bertz CT molecular complexity index is 825. The highest BCUT2D eigenvalue weighted by Gasteiger charge is 2.20. The first-order valence-corrected chi connectivity index (χ1v) is 7.59. The molecule has 1 aromatic carbocycles. The normalized spacial score (nSPS) is 11.9. The molecule has 122 valence electrons. The van der Waals surface area contributed by atoms with Gasteiger partial charge in [-0.05, 0) is 31.2 Å². The van der Waals surface area contributed by atoms with Crippen LogP contribution in [0.2, 0.25) is 0 Å². The quantitative estimate of drug-likeness (QED) is 0.756. The van der Waals surface area contributed by atoms with Gasteiger partial charge < -0.3 is 15.1 Å². The van der Waals surface area contributed by atoms with Crippen molar-refractivity contribution in [2.75, 3.05) is 11.9 Å². The average Bonchev–Trinajstić information content (AvgIpc) is 3.04. The fourth-order valence-electron chi connectivity index (χ4n) is 2.31. The number of hydrogen-bond donors (Lipinski definition) is 2. The lowest BCUT2D eigenvalue weighted by Gasteiger charge is -2.10. The lowest BCUT2D eigenvalue weighted by Crippen LogP contribution is -2.35. The number of furan rings is 1. The minimum Gasteiger partial charge on any atom is -0.460 e. The molecule has 6 nitrogen and oxygen atoms in total. The molecule has 0 unspecified atom stereocenters. The number of benzene rings is 1. The third-order valence-electron chi connectivity index (χ3n) is 3.63. The van der Waals surface area contributed by atoms with Gasteiger partial charge in [-0.15, -0.1) is 0 Å². The van der Waals surface area contributed by atoms with Gasteiger partial charge in [0.25, 0.3) is 0 Å². The number of anilines is 1. The number of nitrogens with zero attached hydrogens (tertiary/aromatic N) is 1. The van der Waals surface area contributed by atoms with Crippen molar-refractivity contribution in [2.24, 2.45) is 0 Å². The average molecular weight is 323 g/mol. The van der Waals surface area contributed by atoms with Gasteiger partial charge in [0.1, 0.15) is 11.3 Å². The van der Waals surface area contributed by atoms with Crippen molar-refractivity contribution in [3.8, 4) is 0 Å². The predicted octanol–water partition coefficient (Wildman–Crippen LogP) is 2.69. The molecule has 0 fully saturated rings. The van der Waals surface area contributed by atoms with Gasteiger partial charge in [-0.1, -0.05) is 18.2 Å². The molecule has 3 aromatic rings. The van der Waals surface area contributed by atoms with Crippen LogP contribution in [0.3, 0.4) is 0 Å². The fraction of sp³-hybridized carbons (Fsp3) is 0.167. The Hall–Kier alpha value is -3.15. The van der Waals surface area contributed by atoms with E-state index in [1.165, 1.54) is 6.20 Å². The minimum absolute atomic E-state index is 0.113. The monoisotopic (exact) mass is 323 g/mol. The van der Waals surface area contributed by atoms with Gasteiger partial charge in [0.2, 0.25) is 11.8 Å². The standard InChI is InChI=1S/C18H17N3O3/c1-12(16-9-13-5-2-3-7-15(13)24-16)18(23)20-11-17(22)21-14-6-4-8-19-10-14/h2-10,12H,11H2,1H3,(H,20,23)(H,21,22)/t12-/m1/s1. The number of pyridine rings is 1. The second kappa shape index (κ2) is 6.95. The number of para-hydroxylation sites is 1. The summed E-state index contributed by atoms with van der Waals surface area (Å²) in [5, 5.41) is 6.22. The van der Waals surface area contributed by atoms with Crippen LogP contribution in [-0.2, 0) is 9.59 Å². The first kappa shape index (κ1) is 15.7. The molecule has 6 heteroatoms. The molecule has 3 rings (SSSR count). The van der Waals surface area contributed by atoms with E-state index in [0.717, 1.165) is 11.0 Å². The van der Waals surface area contributed by atoms with Crippen LogP contribution in [0, 0.1) is 0 Å². The molecule has 2 heterocycles. The zero-order valence-corrected chi connectivity index (χ0v) is 13.2. The van der Waals surface area contributed by atoms with Crippen molar-refractivity contribution in [1.82, 2.24) is 10.3 Å². The summed E-state index contributed by atoms with van der Waals surface area (Å²) >= 11 is 0. The molecule has 0 aliphatic rings. The van der Waals surface area contributed by atoms with E-state index >= 15 is 0 Å². The van der Waals surface area contributed by atoms with Crippen molar-refractivity contribution in [3.63, 3.8) is 0 Å². The molecule has 2 aromatic heterocycles. The van der Waals surface area contributed by atoms with Crippen LogP contribution in [0.5, 0.6) is 0 Å².